The first-order valence-corrected chi connectivity index (χ1v) is 4.99. The van der Waals surface area contributed by atoms with Crippen molar-refractivity contribution in [3.63, 3.8) is 0 Å². The van der Waals surface area contributed by atoms with E-state index in [0.717, 1.165) is 0 Å². The first-order chi connectivity index (χ1) is 5.84. The molecule has 0 radical (unpaired) electrons. The van der Waals surface area contributed by atoms with Crippen LogP contribution in [-0.4, -0.2) is 5.88 Å². The van der Waals surface area contributed by atoms with Crippen LogP contribution in [0.25, 0.3) is 0 Å². The van der Waals surface area contributed by atoms with Crippen molar-refractivity contribution in [3.8, 4) is 0 Å². The molecule has 1 aromatic rings. The molecule has 1 rings (SSSR count). The Balaban J connectivity index is 0.000000561. The van der Waals surface area contributed by atoms with E-state index in [1.807, 2.05) is 32.0 Å². The van der Waals surface area contributed by atoms with Crippen LogP contribution < -0.4 is 0 Å². The fourth-order valence-electron chi connectivity index (χ4n) is 0.871. The molecule has 1 heteroatoms. The van der Waals surface area contributed by atoms with Crippen molar-refractivity contribution in [3.05, 3.63) is 35.9 Å². The third kappa shape index (κ3) is 3.77. The molecule has 1 unspecified atom stereocenters. The average molecular weight is 185 g/mol. The molecule has 0 fully saturated rings. The van der Waals surface area contributed by atoms with Crippen molar-refractivity contribution in [2.45, 2.75) is 26.7 Å². The van der Waals surface area contributed by atoms with E-state index in [1.165, 1.54) is 5.56 Å². The molecule has 1 atom stereocenters. The molecule has 1 aromatic carbocycles. The van der Waals surface area contributed by atoms with E-state index in [9.17, 15) is 0 Å². The van der Waals surface area contributed by atoms with Crippen molar-refractivity contribution < 1.29 is 0 Å². The van der Waals surface area contributed by atoms with Gasteiger partial charge in [-0.3, -0.25) is 0 Å². The monoisotopic (exact) mass is 184 g/mol. The number of hydrogen-bond donors (Lipinski definition) is 0. The molecule has 0 aromatic heterocycles. The van der Waals surface area contributed by atoms with Crippen molar-refractivity contribution in [1.82, 2.24) is 0 Å². The third-order valence-corrected chi connectivity index (χ3v) is 2.06. The zero-order chi connectivity index (χ0) is 9.40. The van der Waals surface area contributed by atoms with Crippen LogP contribution in [0.15, 0.2) is 30.3 Å². The lowest BCUT2D eigenvalue weighted by molar-refractivity contribution is 0.875. The van der Waals surface area contributed by atoms with Crippen LogP contribution in [0.3, 0.4) is 0 Å². The summed E-state index contributed by atoms with van der Waals surface area (Å²) in [4.78, 5) is 0. The summed E-state index contributed by atoms with van der Waals surface area (Å²) in [6.07, 6.45) is 0. The molecule has 0 aliphatic rings. The van der Waals surface area contributed by atoms with Crippen LogP contribution in [0.2, 0.25) is 0 Å². The summed E-state index contributed by atoms with van der Waals surface area (Å²) in [6, 6.07) is 10.3. The van der Waals surface area contributed by atoms with Crippen LogP contribution in [0, 0.1) is 0 Å². The molecule has 0 aliphatic heterocycles. The second kappa shape index (κ2) is 7.17. The lowest BCUT2D eigenvalue weighted by Crippen LogP contribution is -1.92. The maximum atomic E-state index is 5.69. The molecule has 12 heavy (non-hydrogen) atoms. The molecular formula is C11H17Cl. The van der Waals surface area contributed by atoms with Crippen LogP contribution in [0.1, 0.15) is 32.3 Å². The van der Waals surface area contributed by atoms with Gasteiger partial charge in [0.15, 0.2) is 0 Å². The SMILES string of the molecule is CC.CC(CCl)c1ccccc1. The summed E-state index contributed by atoms with van der Waals surface area (Å²) in [5, 5.41) is 0. The highest BCUT2D eigenvalue weighted by Crippen LogP contribution is 2.14. The quantitative estimate of drug-likeness (QED) is 0.609. The predicted octanol–water partition coefficient (Wildman–Crippen LogP) is 4.06. The third-order valence-electron chi connectivity index (χ3n) is 1.60. The Morgan fingerprint density at radius 1 is 1.17 bits per heavy atom. The Morgan fingerprint density at radius 3 is 2.08 bits per heavy atom. The van der Waals surface area contributed by atoms with Crippen LogP contribution in [0.4, 0.5) is 0 Å². The minimum atomic E-state index is 0.475. The van der Waals surface area contributed by atoms with Crippen molar-refractivity contribution in [2.24, 2.45) is 0 Å². The number of hydrogen-bond acceptors (Lipinski definition) is 0. The number of benzene rings is 1. The van der Waals surface area contributed by atoms with Gasteiger partial charge in [0.1, 0.15) is 0 Å². The number of alkyl halides is 1. The van der Waals surface area contributed by atoms with E-state index >= 15 is 0 Å². The topological polar surface area (TPSA) is 0 Å². The van der Waals surface area contributed by atoms with Gasteiger partial charge in [-0.25, -0.2) is 0 Å². The molecule has 0 bridgehead atoms. The molecule has 0 saturated carbocycles. The standard InChI is InChI=1S/C9H11Cl.C2H6/c1-8(7-10)9-5-3-2-4-6-9;1-2/h2-6,8H,7H2,1H3;1-2H3. The smallest absolute Gasteiger partial charge is 0.0289 e. The van der Waals surface area contributed by atoms with Crippen molar-refractivity contribution >= 4 is 11.6 Å². The first-order valence-electron chi connectivity index (χ1n) is 4.45. The van der Waals surface area contributed by atoms with Gasteiger partial charge in [0, 0.05) is 5.88 Å². The number of halogens is 1. The summed E-state index contributed by atoms with van der Waals surface area (Å²) in [5.74, 6) is 1.17. The molecule has 68 valence electrons. The molecule has 0 heterocycles. The summed E-state index contributed by atoms with van der Waals surface area (Å²) in [7, 11) is 0. The first kappa shape index (κ1) is 11.5. The largest absolute Gasteiger partial charge is 0.126 e. The summed E-state index contributed by atoms with van der Waals surface area (Å²) in [5.41, 5.74) is 1.32. The van der Waals surface area contributed by atoms with E-state index in [4.69, 9.17) is 11.6 Å². The fraction of sp³-hybridized carbons (Fsp3) is 0.455. The van der Waals surface area contributed by atoms with E-state index < -0.39 is 0 Å². The maximum absolute atomic E-state index is 5.69. The zero-order valence-corrected chi connectivity index (χ0v) is 8.81. The van der Waals surface area contributed by atoms with E-state index in [0.29, 0.717) is 11.8 Å². The molecule has 0 spiro atoms. The Labute approximate surface area is 80.6 Å². The van der Waals surface area contributed by atoms with Gasteiger partial charge in [-0.1, -0.05) is 51.1 Å². The zero-order valence-electron chi connectivity index (χ0n) is 8.05. The lowest BCUT2D eigenvalue weighted by atomic mass is 10.0. The van der Waals surface area contributed by atoms with Crippen molar-refractivity contribution in [2.75, 3.05) is 5.88 Å². The molecule has 0 saturated heterocycles. The Hall–Kier alpha value is -0.490. The molecule has 0 amide bonds. The van der Waals surface area contributed by atoms with Gasteiger partial charge >= 0.3 is 0 Å². The maximum Gasteiger partial charge on any atom is 0.0289 e. The van der Waals surface area contributed by atoms with E-state index in [1.54, 1.807) is 0 Å². The molecule has 0 aliphatic carbocycles. The summed E-state index contributed by atoms with van der Waals surface area (Å²) >= 11 is 5.69. The van der Waals surface area contributed by atoms with Crippen LogP contribution in [-0.2, 0) is 0 Å². The highest BCUT2D eigenvalue weighted by Gasteiger charge is 2.00. The highest BCUT2D eigenvalue weighted by molar-refractivity contribution is 6.18. The van der Waals surface area contributed by atoms with Crippen LogP contribution >= 0.6 is 11.6 Å². The fourth-order valence-corrected chi connectivity index (χ4v) is 1.05. The van der Waals surface area contributed by atoms with Gasteiger partial charge in [0.2, 0.25) is 0 Å². The number of rotatable bonds is 2. The van der Waals surface area contributed by atoms with E-state index in [-0.39, 0.29) is 0 Å². The molecule has 0 N–H and O–H groups in total. The second-order valence-electron chi connectivity index (χ2n) is 2.47. The van der Waals surface area contributed by atoms with Gasteiger partial charge in [0.25, 0.3) is 0 Å². The second-order valence-corrected chi connectivity index (χ2v) is 2.77. The summed E-state index contributed by atoms with van der Waals surface area (Å²) in [6.45, 7) is 6.13. The Morgan fingerprint density at radius 2 is 1.67 bits per heavy atom. The highest BCUT2D eigenvalue weighted by atomic mass is 35.5. The predicted molar refractivity (Wildman–Crippen MR) is 56.9 cm³/mol. The molecule has 0 nitrogen and oxygen atoms in total. The summed E-state index contributed by atoms with van der Waals surface area (Å²) < 4.78 is 0. The molecular weight excluding hydrogens is 168 g/mol. The van der Waals surface area contributed by atoms with Gasteiger partial charge in [-0.05, 0) is 11.5 Å². The minimum absolute atomic E-state index is 0.475. The van der Waals surface area contributed by atoms with Gasteiger partial charge in [0.05, 0.1) is 0 Å². The van der Waals surface area contributed by atoms with E-state index in [2.05, 4.69) is 19.1 Å². The minimum Gasteiger partial charge on any atom is -0.126 e. The Bertz CT molecular complexity index is 181. The van der Waals surface area contributed by atoms with Gasteiger partial charge < -0.3 is 0 Å². The normalized spacial score (nSPS) is 11.3. The van der Waals surface area contributed by atoms with Crippen molar-refractivity contribution in [1.29, 1.82) is 0 Å². The van der Waals surface area contributed by atoms with Gasteiger partial charge in [-0.2, -0.15) is 0 Å². The Kier molecular flexibility index (Phi) is 6.88. The average Bonchev–Trinajstić information content (AvgIpc) is 2.21. The van der Waals surface area contributed by atoms with Gasteiger partial charge in [-0.15, -0.1) is 11.6 Å². The lowest BCUT2D eigenvalue weighted by Gasteiger charge is -2.05. The van der Waals surface area contributed by atoms with Crippen LogP contribution in [0.5, 0.6) is 0 Å².